The van der Waals surface area contributed by atoms with Gasteiger partial charge in [0.2, 0.25) is 5.91 Å². The van der Waals surface area contributed by atoms with Crippen LogP contribution in [0.3, 0.4) is 0 Å². The van der Waals surface area contributed by atoms with E-state index in [1.165, 1.54) is 0 Å². The first-order valence-corrected chi connectivity index (χ1v) is 7.57. The molecule has 0 aromatic rings. The Bertz CT molecular complexity index is 371. The molecule has 0 aliphatic heterocycles. The fraction of sp³-hybridized carbons (Fsp3) is 0.875. The molecule has 21 heavy (non-hydrogen) atoms. The normalized spacial score (nSPS) is 14.4. The fourth-order valence-corrected chi connectivity index (χ4v) is 1.71. The summed E-state index contributed by atoms with van der Waals surface area (Å²) < 4.78 is 13.0. The molecule has 5 nitrogen and oxygen atoms in total. The zero-order valence-corrected chi connectivity index (χ0v) is 14.5. The minimum atomic E-state index is -0.622. The van der Waals surface area contributed by atoms with Crippen molar-refractivity contribution < 1.29 is 15.7 Å². The zero-order chi connectivity index (χ0) is 17.6. The van der Waals surface area contributed by atoms with E-state index in [2.05, 4.69) is 10.6 Å². The standard InChI is InChI=1S/C16H32N2O3/c1-11(2)8-9-17-14(19)13(10-12(3)4)18-15(20)21-16(5,6)7/h11-13H,8-10H2,1-7H3,(H,17,19)(H,18,20)/t13-/m0/s1/i11D. The number of ether oxygens (including phenoxy) is 1. The minimum absolute atomic E-state index is 0.233. The highest BCUT2D eigenvalue weighted by Crippen LogP contribution is 2.09. The molecule has 0 aliphatic rings. The number of alkyl carbamates (subject to hydrolysis) is 1. The van der Waals surface area contributed by atoms with Gasteiger partial charge in [0.25, 0.3) is 0 Å². The van der Waals surface area contributed by atoms with Crippen LogP contribution in [0.4, 0.5) is 4.79 Å². The zero-order valence-electron chi connectivity index (χ0n) is 15.5. The van der Waals surface area contributed by atoms with Crippen molar-refractivity contribution in [2.24, 2.45) is 11.8 Å². The molecule has 0 bridgehead atoms. The summed E-state index contributed by atoms with van der Waals surface area (Å²) in [6, 6.07) is -0.622. The summed E-state index contributed by atoms with van der Waals surface area (Å²) in [7, 11) is 0. The van der Waals surface area contributed by atoms with Crippen LogP contribution in [0.15, 0.2) is 0 Å². The van der Waals surface area contributed by atoms with Crippen molar-refractivity contribution in [1.29, 1.82) is 0 Å². The van der Waals surface area contributed by atoms with E-state index in [4.69, 9.17) is 6.11 Å². The van der Waals surface area contributed by atoms with Crippen LogP contribution in [0.25, 0.3) is 0 Å². The number of carbonyl (C=O) groups is 2. The van der Waals surface area contributed by atoms with Crippen LogP contribution in [0.1, 0.15) is 62.7 Å². The van der Waals surface area contributed by atoms with E-state index in [-0.39, 0.29) is 11.8 Å². The fourth-order valence-electron chi connectivity index (χ4n) is 1.71. The third kappa shape index (κ3) is 11.1. The quantitative estimate of drug-likeness (QED) is 0.759. The lowest BCUT2D eigenvalue weighted by Gasteiger charge is -2.24. The Morgan fingerprint density at radius 3 is 2.19 bits per heavy atom. The van der Waals surface area contributed by atoms with Gasteiger partial charge < -0.3 is 15.4 Å². The van der Waals surface area contributed by atoms with Crippen molar-refractivity contribution in [2.75, 3.05) is 6.54 Å². The Kier molecular flexibility index (Phi) is 7.54. The second-order valence-electron chi connectivity index (χ2n) is 7.08. The van der Waals surface area contributed by atoms with Crippen molar-refractivity contribution in [2.45, 2.75) is 73.0 Å². The first-order valence-electron chi connectivity index (χ1n) is 8.07. The van der Waals surface area contributed by atoms with E-state index in [9.17, 15) is 9.59 Å². The third-order valence-electron chi connectivity index (χ3n) is 2.64. The highest BCUT2D eigenvalue weighted by atomic mass is 16.6. The molecule has 0 aliphatic carbocycles. The van der Waals surface area contributed by atoms with Crippen LogP contribution >= 0.6 is 0 Å². The summed E-state index contributed by atoms with van der Waals surface area (Å²) in [4.78, 5) is 24.1. The number of amides is 2. The third-order valence-corrected chi connectivity index (χ3v) is 2.64. The van der Waals surface area contributed by atoms with Crippen molar-refractivity contribution in [3.05, 3.63) is 0 Å². The number of hydrogen-bond donors (Lipinski definition) is 2. The van der Waals surface area contributed by atoms with Gasteiger partial charge in [-0.2, -0.15) is 0 Å². The Morgan fingerprint density at radius 1 is 1.19 bits per heavy atom. The van der Waals surface area contributed by atoms with Crippen molar-refractivity contribution in [1.82, 2.24) is 10.6 Å². The molecule has 0 aromatic carbocycles. The van der Waals surface area contributed by atoms with E-state index < -0.39 is 23.6 Å². The predicted octanol–water partition coefficient (Wildman–Crippen LogP) is 3.09. The first-order chi connectivity index (χ1) is 9.80. The largest absolute Gasteiger partial charge is 0.444 e. The maximum Gasteiger partial charge on any atom is 0.408 e. The van der Waals surface area contributed by atoms with Crippen LogP contribution in [-0.2, 0) is 9.53 Å². The molecule has 0 fully saturated rings. The molecule has 2 N–H and O–H groups in total. The maximum atomic E-state index is 12.2. The van der Waals surface area contributed by atoms with Gasteiger partial charge in [0.15, 0.2) is 0 Å². The number of nitrogens with one attached hydrogen (secondary N) is 2. The van der Waals surface area contributed by atoms with E-state index >= 15 is 0 Å². The first kappa shape index (κ1) is 17.8. The van der Waals surface area contributed by atoms with Gasteiger partial charge in [-0.25, -0.2) is 4.79 Å². The predicted molar refractivity (Wildman–Crippen MR) is 85.1 cm³/mol. The van der Waals surface area contributed by atoms with Gasteiger partial charge in [0.1, 0.15) is 11.6 Å². The lowest BCUT2D eigenvalue weighted by atomic mass is 10.0. The number of hydrogen-bond acceptors (Lipinski definition) is 3. The van der Waals surface area contributed by atoms with Gasteiger partial charge in [-0.05, 0) is 45.4 Å². The second kappa shape index (κ2) is 8.90. The van der Waals surface area contributed by atoms with Gasteiger partial charge in [-0.15, -0.1) is 0 Å². The summed E-state index contributed by atoms with van der Waals surface area (Å²) in [6.45, 7) is 13.3. The maximum absolute atomic E-state index is 12.2. The average Bonchev–Trinajstić information content (AvgIpc) is 2.22. The van der Waals surface area contributed by atoms with Gasteiger partial charge in [0, 0.05) is 7.92 Å². The van der Waals surface area contributed by atoms with Crippen LogP contribution in [0, 0.1) is 11.8 Å². The molecule has 0 spiro atoms. The van der Waals surface area contributed by atoms with Gasteiger partial charge in [-0.3, -0.25) is 4.79 Å². The molecule has 0 saturated carbocycles. The Morgan fingerprint density at radius 2 is 1.76 bits per heavy atom. The Hall–Kier alpha value is -1.26. The number of rotatable bonds is 7. The van der Waals surface area contributed by atoms with E-state index in [0.29, 0.717) is 19.4 Å². The van der Waals surface area contributed by atoms with Crippen molar-refractivity contribution in [3.8, 4) is 0 Å². The molecular weight excluding hydrogens is 268 g/mol. The summed E-state index contributed by atoms with van der Waals surface area (Å²) in [5.74, 6) is -0.554. The summed E-state index contributed by atoms with van der Waals surface area (Å²) in [6.07, 6.45) is 0.503. The van der Waals surface area contributed by atoms with E-state index in [1.807, 2.05) is 13.8 Å². The molecule has 0 aromatic heterocycles. The highest BCUT2D eigenvalue weighted by molar-refractivity contribution is 5.85. The molecule has 1 atom stereocenters. The van der Waals surface area contributed by atoms with Gasteiger partial charge >= 0.3 is 6.09 Å². The van der Waals surface area contributed by atoms with Gasteiger partial charge in [-0.1, -0.05) is 27.7 Å². The molecule has 0 saturated heterocycles. The Balaban J connectivity index is 4.56. The number of carbonyl (C=O) groups excluding carboxylic acids is 2. The molecule has 124 valence electrons. The summed E-state index contributed by atoms with van der Waals surface area (Å²) >= 11 is 0. The minimum Gasteiger partial charge on any atom is -0.444 e. The second-order valence-corrected chi connectivity index (χ2v) is 7.08. The molecular formula is C16H32N2O3. The highest BCUT2D eigenvalue weighted by Gasteiger charge is 2.24. The SMILES string of the molecule is [2H]C(C)(C)CCNC(=O)[C@H](CC(C)C)NC(=O)OC(C)(C)C. The smallest absolute Gasteiger partial charge is 0.408 e. The molecule has 5 heteroatoms. The van der Waals surface area contributed by atoms with E-state index in [1.54, 1.807) is 34.6 Å². The van der Waals surface area contributed by atoms with Crippen LogP contribution in [-0.4, -0.2) is 30.2 Å². The van der Waals surface area contributed by atoms with Gasteiger partial charge in [0.05, 0.1) is 0 Å². The lowest BCUT2D eigenvalue weighted by molar-refractivity contribution is -0.123. The topological polar surface area (TPSA) is 67.4 Å². The molecule has 2 amide bonds. The monoisotopic (exact) mass is 301 g/mol. The molecule has 0 radical (unpaired) electrons. The summed E-state index contributed by atoms with van der Waals surface area (Å²) in [5.41, 5.74) is -0.599. The van der Waals surface area contributed by atoms with Crippen LogP contribution < -0.4 is 10.6 Å². The molecule has 0 unspecified atom stereocenters. The average molecular weight is 301 g/mol. The van der Waals surface area contributed by atoms with Crippen molar-refractivity contribution in [3.63, 3.8) is 0 Å². The van der Waals surface area contributed by atoms with Crippen LogP contribution in [0.2, 0.25) is 0 Å². The van der Waals surface area contributed by atoms with E-state index in [0.717, 1.165) is 0 Å². The lowest BCUT2D eigenvalue weighted by Crippen LogP contribution is -2.49. The Labute approximate surface area is 130 Å². The molecule has 0 heterocycles. The summed E-state index contributed by atoms with van der Waals surface area (Å²) in [5, 5.41) is 5.42. The molecule has 0 rings (SSSR count). The van der Waals surface area contributed by atoms with Crippen molar-refractivity contribution >= 4 is 12.0 Å². The van der Waals surface area contributed by atoms with Crippen LogP contribution in [0.5, 0.6) is 0 Å².